The molecule has 1 fully saturated rings. The van der Waals surface area contributed by atoms with E-state index in [0.29, 0.717) is 19.5 Å². The van der Waals surface area contributed by atoms with Crippen molar-refractivity contribution in [3.05, 3.63) is 0 Å². The van der Waals surface area contributed by atoms with E-state index in [-0.39, 0.29) is 18.6 Å². The number of carbonyl (C=O) groups is 2. The molecule has 1 aliphatic rings. The molecule has 0 spiro atoms. The van der Waals surface area contributed by atoms with Gasteiger partial charge < -0.3 is 19.5 Å². The third-order valence-corrected chi connectivity index (χ3v) is 3.53. The van der Waals surface area contributed by atoms with Gasteiger partial charge in [-0.05, 0) is 27.2 Å². The van der Waals surface area contributed by atoms with E-state index in [2.05, 4.69) is 0 Å². The van der Waals surface area contributed by atoms with Crippen molar-refractivity contribution < 1.29 is 19.4 Å². The smallest absolute Gasteiger partial charge is 0.410 e. The summed E-state index contributed by atoms with van der Waals surface area (Å²) in [6.45, 7) is 8.11. The van der Waals surface area contributed by atoms with Gasteiger partial charge in [0, 0.05) is 19.0 Å². The van der Waals surface area contributed by atoms with E-state index in [1.165, 1.54) is 0 Å². The molecule has 0 radical (unpaired) electrons. The van der Waals surface area contributed by atoms with Crippen LogP contribution in [0.4, 0.5) is 4.79 Å². The van der Waals surface area contributed by atoms with Crippen LogP contribution in [0.5, 0.6) is 0 Å². The van der Waals surface area contributed by atoms with Gasteiger partial charge in [-0.15, -0.1) is 0 Å². The molecular formula is C13H23NO4. The topological polar surface area (TPSA) is 66.8 Å². The highest BCUT2D eigenvalue weighted by molar-refractivity contribution is 5.70. The number of aldehydes is 1. The van der Waals surface area contributed by atoms with Gasteiger partial charge >= 0.3 is 6.09 Å². The van der Waals surface area contributed by atoms with E-state index in [9.17, 15) is 14.7 Å². The lowest BCUT2D eigenvalue weighted by atomic mass is 9.71. The molecule has 1 saturated heterocycles. The van der Waals surface area contributed by atoms with E-state index in [4.69, 9.17) is 4.74 Å². The van der Waals surface area contributed by atoms with Gasteiger partial charge in [-0.2, -0.15) is 0 Å². The number of nitrogens with zero attached hydrogens (tertiary/aromatic N) is 1. The van der Waals surface area contributed by atoms with Crippen molar-refractivity contribution in [3.8, 4) is 0 Å². The van der Waals surface area contributed by atoms with Crippen LogP contribution in [0.3, 0.4) is 0 Å². The predicted molar refractivity (Wildman–Crippen MR) is 67.2 cm³/mol. The molecule has 0 saturated carbocycles. The van der Waals surface area contributed by atoms with Gasteiger partial charge in [0.25, 0.3) is 0 Å². The van der Waals surface area contributed by atoms with Crippen LogP contribution in [0.2, 0.25) is 0 Å². The minimum atomic E-state index is -0.710. The molecular weight excluding hydrogens is 234 g/mol. The van der Waals surface area contributed by atoms with Crippen LogP contribution in [-0.4, -0.2) is 47.7 Å². The van der Waals surface area contributed by atoms with Crippen LogP contribution in [-0.2, 0) is 9.53 Å². The van der Waals surface area contributed by atoms with Crippen molar-refractivity contribution in [1.29, 1.82) is 0 Å². The minimum absolute atomic E-state index is 0.0255. The summed E-state index contributed by atoms with van der Waals surface area (Å²) in [5, 5.41) is 9.36. The molecule has 1 atom stereocenters. The zero-order chi connectivity index (χ0) is 14.0. The van der Waals surface area contributed by atoms with Crippen molar-refractivity contribution in [2.45, 2.75) is 39.7 Å². The number of likely N-dealkylation sites (tertiary alicyclic amines) is 1. The molecule has 0 bridgehead atoms. The van der Waals surface area contributed by atoms with E-state index in [1.807, 2.05) is 27.7 Å². The van der Waals surface area contributed by atoms with Gasteiger partial charge in [0.2, 0.25) is 0 Å². The number of carbonyl (C=O) groups excluding carboxylic acids is 2. The molecule has 1 rings (SSSR count). The molecule has 18 heavy (non-hydrogen) atoms. The highest BCUT2D eigenvalue weighted by Gasteiger charge is 2.46. The van der Waals surface area contributed by atoms with Gasteiger partial charge in [0.15, 0.2) is 0 Å². The molecule has 1 unspecified atom stereocenters. The van der Waals surface area contributed by atoms with Gasteiger partial charge in [-0.1, -0.05) is 6.92 Å². The number of hydrogen-bond donors (Lipinski definition) is 1. The normalized spacial score (nSPS) is 19.9. The predicted octanol–water partition coefficient (Wildman–Crippen LogP) is 1.44. The van der Waals surface area contributed by atoms with Gasteiger partial charge in [-0.25, -0.2) is 4.79 Å². The Morgan fingerprint density at radius 1 is 1.44 bits per heavy atom. The lowest BCUT2D eigenvalue weighted by molar-refractivity contribution is -0.128. The summed E-state index contributed by atoms with van der Waals surface area (Å²) >= 11 is 0. The Labute approximate surface area is 108 Å². The lowest BCUT2D eigenvalue weighted by Gasteiger charge is -2.47. The maximum Gasteiger partial charge on any atom is 0.410 e. The van der Waals surface area contributed by atoms with Crippen molar-refractivity contribution in [2.75, 3.05) is 19.7 Å². The number of rotatable bonds is 4. The second kappa shape index (κ2) is 5.26. The van der Waals surface area contributed by atoms with Gasteiger partial charge in [0.05, 0.1) is 12.0 Å². The summed E-state index contributed by atoms with van der Waals surface area (Å²) in [6, 6.07) is 0. The first-order valence-electron chi connectivity index (χ1n) is 6.33. The monoisotopic (exact) mass is 257 g/mol. The van der Waals surface area contributed by atoms with Crippen LogP contribution >= 0.6 is 0 Å². The first kappa shape index (κ1) is 15.0. The Bertz CT molecular complexity index is 311. The van der Waals surface area contributed by atoms with Crippen LogP contribution in [0.1, 0.15) is 34.1 Å². The molecule has 5 nitrogen and oxygen atoms in total. The fourth-order valence-electron chi connectivity index (χ4n) is 2.06. The lowest BCUT2D eigenvalue weighted by Crippen LogP contribution is -2.58. The Morgan fingerprint density at radius 2 is 2.00 bits per heavy atom. The third kappa shape index (κ3) is 3.02. The standard InChI is InChI=1S/C13H23NO4/c1-5-13(8-15,9-16)10-6-14(7-10)11(17)18-12(2,3)4/h8,10,16H,5-7,9H2,1-4H3. The Kier molecular flexibility index (Phi) is 4.37. The zero-order valence-corrected chi connectivity index (χ0v) is 11.6. The maximum atomic E-state index is 11.7. The largest absolute Gasteiger partial charge is 0.444 e. The molecule has 104 valence electrons. The fourth-order valence-corrected chi connectivity index (χ4v) is 2.06. The highest BCUT2D eigenvalue weighted by Crippen LogP contribution is 2.36. The molecule has 1 heterocycles. The van der Waals surface area contributed by atoms with Crippen molar-refractivity contribution in [2.24, 2.45) is 11.3 Å². The Morgan fingerprint density at radius 3 is 2.33 bits per heavy atom. The van der Waals surface area contributed by atoms with Crippen LogP contribution in [0, 0.1) is 11.3 Å². The molecule has 0 aromatic heterocycles. The average molecular weight is 257 g/mol. The zero-order valence-electron chi connectivity index (χ0n) is 11.6. The maximum absolute atomic E-state index is 11.7. The molecule has 5 heteroatoms. The first-order chi connectivity index (χ1) is 8.28. The second-order valence-electron chi connectivity index (χ2n) is 5.94. The third-order valence-electron chi connectivity index (χ3n) is 3.53. The number of ether oxygens (including phenoxy) is 1. The summed E-state index contributed by atoms with van der Waals surface area (Å²) in [4.78, 5) is 24.4. The number of amides is 1. The van der Waals surface area contributed by atoms with E-state index >= 15 is 0 Å². The molecule has 0 aliphatic carbocycles. The van der Waals surface area contributed by atoms with E-state index < -0.39 is 11.0 Å². The fraction of sp³-hybridized carbons (Fsp3) is 0.846. The van der Waals surface area contributed by atoms with Crippen LogP contribution in [0.15, 0.2) is 0 Å². The molecule has 1 amide bonds. The van der Waals surface area contributed by atoms with Crippen molar-refractivity contribution in [1.82, 2.24) is 4.90 Å². The van der Waals surface area contributed by atoms with E-state index in [0.717, 1.165) is 6.29 Å². The minimum Gasteiger partial charge on any atom is -0.444 e. The second-order valence-corrected chi connectivity index (χ2v) is 5.94. The number of aliphatic hydroxyl groups is 1. The van der Waals surface area contributed by atoms with Crippen molar-refractivity contribution >= 4 is 12.4 Å². The molecule has 1 N–H and O–H groups in total. The van der Waals surface area contributed by atoms with Gasteiger partial charge in [0.1, 0.15) is 11.9 Å². The summed E-state index contributed by atoms with van der Waals surface area (Å²) in [7, 11) is 0. The van der Waals surface area contributed by atoms with E-state index in [1.54, 1.807) is 4.90 Å². The summed E-state index contributed by atoms with van der Waals surface area (Å²) in [5.74, 6) is 0.0255. The summed E-state index contributed by atoms with van der Waals surface area (Å²) in [6.07, 6.45) is 1.05. The average Bonchev–Trinajstić information content (AvgIpc) is 2.20. The molecule has 0 aromatic carbocycles. The SMILES string of the molecule is CCC(C=O)(CO)C1CN(C(=O)OC(C)(C)C)C1. The van der Waals surface area contributed by atoms with Crippen LogP contribution < -0.4 is 0 Å². The quantitative estimate of drug-likeness (QED) is 0.774. The van der Waals surface area contributed by atoms with Crippen LogP contribution in [0.25, 0.3) is 0 Å². The Balaban J connectivity index is 2.53. The summed E-state index contributed by atoms with van der Waals surface area (Å²) < 4.78 is 5.24. The number of hydrogen-bond acceptors (Lipinski definition) is 4. The Hall–Kier alpha value is -1.10. The number of aliphatic hydroxyl groups excluding tert-OH is 1. The first-order valence-corrected chi connectivity index (χ1v) is 6.33. The van der Waals surface area contributed by atoms with Crippen molar-refractivity contribution in [3.63, 3.8) is 0 Å². The highest BCUT2D eigenvalue weighted by atomic mass is 16.6. The summed E-state index contributed by atoms with van der Waals surface area (Å²) in [5.41, 5.74) is -1.22. The van der Waals surface area contributed by atoms with Gasteiger partial charge in [-0.3, -0.25) is 0 Å². The molecule has 1 aliphatic heterocycles. The molecule has 0 aromatic rings.